The molecule has 68 heavy (non-hydrogen) atoms. The SMILES string of the molecule is c1ccc(N(c2ccccc2)c2ccc(-c3nc4c5cc(N(c6ccccc6)c6ccccc6)ccc5c5ccc(N(c6ccccc6)c6ccccc6)cc5c4n3-c3ccccc3)cc2)cc1. The predicted molar refractivity (Wildman–Crippen MR) is 286 cm³/mol. The topological polar surface area (TPSA) is 27.5 Å². The molecule has 0 saturated carbocycles. The molecule has 0 fully saturated rings. The summed E-state index contributed by atoms with van der Waals surface area (Å²) in [5.41, 5.74) is 13.7. The second kappa shape index (κ2) is 17.7. The fraction of sp³-hybridized carbons (Fsp3) is 0. The summed E-state index contributed by atoms with van der Waals surface area (Å²) in [5, 5.41) is 4.46. The summed E-state index contributed by atoms with van der Waals surface area (Å²) in [7, 11) is 0. The Hall–Kier alpha value is -9.19. The van der Waals surface area contributed by atoms with Crippen molar-refractivity contribution in [2.75, 3.05) is 14.7 Å². The van der Waals surface area contributed by atoms with Gasteiger partial charge in [-0.15, -0.1) is 0 Å². The lowest BCUT2D eigenvalue weighted by atomic mass is 9.97. The van der Waals surface area contributed by atoms with Gasteiger partial charge in [-0.2, -0.15) is 0 Å². The van der Waals surface area contributed by atoms with Crippen molar-refractivity contribution in [2.24, 2.45) is 0 Å². The van der Waals surface area contributed by atoms with E-state index in [-0.39, 0.29) is 0 Å². The zero-order valence-electron chi connectivity index (χ0n) is 37.2. The number of aromatic nitrogens is 2. The molecular weight excluding hydrogens is 827 g/mol. The third-order valence-electron chi connectivity index (χ3n) is 12.7. The summed E-state index contributed by atoms with van der Waals surface area (Å²) in [5.74, 6) is 0.860. The Balaban J connectivity index is 1.14. The third kappa shape index (κ3) is 7.38. The van der Waals surface area contributed by atoms with Gasteiger partial charge in [0.15, 0.2) is 0 Å². The van der Waals surface area contributed by atoms with E-state index in [0.29, 0.717) is 0 Å². The average Bonchev–Trinajstić information content (AvgIpc) is 3.83. The van der Waals surface area contributed by atoms with Crippen LogP contribution >= 0.6 is 0 Å². The lowest BCUT2D eigenvalue weighted by Gasteiger charge is -2.27. The van der Waals surface area contributed by atoms with Crippen molar-refractivity contribution in [3.8, 4) is 17.1 Å². The monoisotopic (exact) mass is 871 g/mol. The maximum atomic E-state index is 5.78. The number of benzene rings is 11. The first kappa shape index (κ1) is 40.3. The lowest BCUT2D eigenvalue weighted by Crippen LogP contribution is -2.10. The van der Waals surface area contributed by atoms with Gasteiger partial charge >= 0.3 is 0 Å². The van der Waals surface area contributed by atoms with E-state index in [9.17, 15) is 0 Å². The third-order valence-corrected chi connectivity index (χ3v) is 12.7. The van der Waals surface area contributed by atoms with E-state index in [1.807, 2.05) is 0 Å². The molecule has 0 bridgehead atoms. The molecule has 11 aromatic carbocycles. The maximum absolute atomic E-state index is 5.78. The average molecular weight is 872 g/mol. The Morgan fingerprint density at radius 3 is 0.971 bits per heavy atom. The molecule has 0 radical (unpaired) electrons. The first-order valence-electron chi connectivity index (χ1n) is 23.1. The van der Waals surface area contributed by atoms with Crippen LogP contribution in [0.25, 0.3) is 49.7 Å². The van der Waals surface area contributed by atoms with E-state index in [1.54, 1.807) is 0 Å². The Morgan fingerprint density at radius 1 is 0.265 bits per heavy atom. The quantitative estimate of drug-likeness (QED) is 0.121. The molecule has 0 aliphatic carbocycles. The van der Waals surface area contributed by atoms with Gasteiger partial charge in [0.2, 0.25) is 0 Å². The largest absolute Gasteiger partial charge is 0.311 e. The van der Waals surface area contributed by atoms with E-state index in [0.717, 1.165) is 101 Å². The van der Waals surface area contributed by atoms with Crippen molar-refractivity contribution in [3.05, 3.63) is 273 Å². The van der Waals surface area contributed by atoms with Gasteiger partial charge in [-0.1, -0.05) is 140 Å². The number of fused-ring (bicyclic) bond motifs is 6. The van der Waals surface area contributed by atoms with E-state index in [2.05, 4.69) is 292 Å². The molecule has 0 atom stereocenters. The molecular formula is C63H45N5. The molecule has 0 aliphatic rings. The van der Waals surface area contributed by atoms with Crippen LogP contribution in [-0.2, 0) is 0 Å². The minimum absolute atomic E-state index is 0.860. The molecule has 0 amide bonds. The van der Waals surface area contributed by atoms with Crippen molar-refractivity contribution >= 4 is 83.8 Å². The second-order valence-electron chi connectivity index (χ2n) is 16.8. The van der Waals surface area contributed by atoms with Crippen molar-refractivity contribution in [3.63, 3.8) is 0 Å². The van der Waals surface area contributed by atoms with E-state index < -0.39 is 0 Å². The Bertz CT molecular complexity index is 3520. The predicted octanol–water partition coefficient (Wildman–Crippen LogP) is 17.4. The molecule has 322 valence electrons. The van der Waals surface area contributed by atoms with Crippen LogP contribution in [0.5, 0.6) is 0 Å². The van der Waals surface area contributed by atoms with E-state index >= 15 is 0 Å². The fourth-order valence-electron chi connectivity index (χ4n) is 9.65. The summed E-state index contributed by atoms with van der Waals surface area (Å²) in [6.07, 6.45) is 0. The highest BCUT2D eigenvalue weighted by Crippen LogP contribution is 2.45. The summed E-state index contributed by atoms with van der Waals surface area (Å²) >= 11 is 0. The molecule has 1 heterocycles. The molecule has 0 aliphatic heterocycles. The number of imidazole rings is 1. The van der Waals surface area contributed by atoms with Crippen molar-refractivity contribution in [1.82, 2.24) is 9.55 Å². The highest BCUT2D eigenvalue weighted by atomic mass is 15.2. The Kier molecular flexibility index (Phi) is 10.5. The summed E-state index contributed by atoms with van der Waals surface area (Å²) in [6, 6.07) is 96.9. The molecule has 0 saturated heterocycles. The van der Waals surface area contributed by atoms with Gasteiger partial charge in [-0.05, 0) is 144 Å². The second-order valence-corrected chi connectivity index (χ2v) is 16.8. The van der Waals surface area contributed by atoms with Crippen molar-refractivity contribution in [1.29, 1.82) is 0 Å². The standard InChI is InChI=1S/C63H45N5/c1-8-22-47(23-9-1)65(48-24-10-2-11-25-48)54-38-36-46(37-39-54)63-64-61-59-44-55(66(49-26-12-3-13-27-49)50-28-14-4-15-29-50)40-42-57(59)58-43-41-56(45-60(58)62(61)68(63)53-34-20-7-21-35-53)67(51-30-16-5-17-31-51)52-32-18-6-19-33-52/h1-45H. The summed E-state index contributed by atoms with van der Waals surface area (Å²) < 4.78 is 2.37. The van der Waals surface area contributed by atoms with Crippen LogP contribution in [-0.4, -0.2) is 9.55 Å². The van der Waals surface area contributed by atoms with Gasteiger partial charge in [0.25, 0.3) is 0 Å². The van der Waals surface area contributed by atoms with Crippen LogP contribution in [0.4, 0.5) is 51.2 Å². The van der Waals surface area contributed by atoms with Crippen molar-refractivity contribution in [2.45, 2.75) is 0 Å². The number of anilines is 9. The van der Waals surface area contributed by atoms with Gasteiger partial charge in [0.1, 0.15) is 5.82 Å². The lowest BCUT2D eigenvalue weighted by molar-refractivity contribution is 1.11. The van der Waals surface area contributed by atoms with Crippen LogP contribution in [0.1, 0.15) is 0 Å². The molecule has 12 aromatic rings. The minimum atomic E-state index is 0.860. The van der Waals surface area contributed by atoms with Gasteiger partial charge in [-0.25, -0.2) is 4.98 Å². The van der Waals surface area contributed by atoms with Gasteiger partial charge in [0.05, 0.1) is 11.0 Å². The summed E-state index contributed by atoms with van der Waals surface area (Å²) in [4.78, 5) is 12.7. The molecule has 1 aromatic heterocycles. The highest BCUT2D eigenvalue weighted by molar-refractivity contribution is 6.25. The number of hydrogen-bond acceptors (Lipinski definition) is 4. The van der Waals surface area contributed by atoms with Crippen LogP contribution < -0.4 is 14.7 Å². The smallest absolute Gasteiger partial charge is 0.145 e. The number of para-hydroxylation sites is 7. The van der Waals surface area contributed by atoms with Gasteiger partial charge < -0.3 is 14.7 Å². The number of nitrogens with zero attached hydrogens (tertiary/aromatic N) is 5. The summed E-state index contributed by atoms with van der Waals surface area (Å²) in [6.45, 7) is 0. The maximum Gasteiger partial charge on any atom is 0.145 e. The van der Waals surface area contributed by atoms with Crippen LogP contribution in [0.15, 0.2) is 273 Å². The number of hydrogen-bond donors (Lipinski definition) is 0. The molecule has 0 unspecified atom stereocenters. The fourth-order valence-corrected chi connectivity index (χ4v) is 9.65. The molecule has 5 heteroatoms. The first-order chi connectivity index (χ1) is 33.8. The van der Waals surface area contributed by atoms with Crippen LogP contribution in [0, 0.1) is 0 Å². The highest BCUT2D eigenvalue weighted by Gasteiger charge is 2.24. The van der Waals surface area contributed by atoms with Crippen LogP contribution in [0.3, 0.4) is 0 Å². The van der Waals surface area contributed by atoms with Crippen LogP contribution in [0.2, 0.25) is 0 Å². The number of rotatable bonds is 11. The van der Waals surface area contributed by atoms with Crippen molar-refractivity contribution < 1.29 is 0 Å². The molecule has 12 rings (SSSR count). The zero-order chi connectivity index (χ0) is 45.2. The zero-order valence-corrected chi connectivity index (χ0v) is 37.2. The first-order valence-corrected chi connectivity index (χ1v) is 23.1. The molecule has 0 spiro atoms. The Morgan fingerprint density at radius 2 is 0.574 bits per heavy atom. The van der Waals surface area contributed by atoms with Gasteiger partial charge in [0, 0.05) is 73.2 Å². The van der Waals surface area contributed by atoms with Gasteiger partial charge in [-0.3, -0.25) is 4.57 Å². The Labute approximate surface area is 396 Å². The normalized spacial score (nSPS) is 11.2. The van der Waals surface area contributed by atoms with E-state index in [1.165, 1.54) is 0 Å². The molecule has 0 N–H and O–H groups in total. The molecule has 5 nitrogen and oxygen atoms in total. The van der Waals surface area contributed by atoms with E-state index in [4.69, 9.17) is 4.98 Å². The minimum Gasteiger partial charge on any atom is -0.311 e.